The molecule has 3 rings (SSSR count). The number of urea groups is 1. The minimum atomic E-state index is -0.506. The van der Waals surface area contributed by atoms with Crippen molar-refractivity contribution in [3.05, 3.63) is 58.0 Å². The first kappa shape index (κ1) is 21.6. The average Bonchev–Trinajstić information content (AvgIpc) is 2.93. The standard InChI is InChI=1S/C22H29N5O3/c1-16-5-8-18(9-6-16)23-22(30)24-19-10-7-17(2)27(21(19)29)15-20(28)26-12-4-11-25(3)13-14-26/h5-10H,4,11-15H2,1-3H3,(H2,23,24,30). The van der Waals surface area contributed by atoms with Crippen LogP contribution in [-0.4, -0.2) is 59.5 Å². The van der Waals surface area contributed by atoms with Crippen molar-refractivity contribution in [1.29, 1.82) is 0 Å². The van der Waals surface area contributed by atoms with E-state index in [0.29, 0.717) is 24.5 Å². The second kappa shape index (κ2) is 9.58. The molecule has 0 radical (unpaired) electrons. The summed E-state index contributed by atoms with van der Waals surface area (Å²) < 4.78 is 1.42. The number of nitrogens with zero attached hydrogens (tertiary/aromatic N) is 3. The lowest BCUT2D eigenvalue weighted by atomic mass is 10.2. The molecule has 8 nitrogen and oxygen atoms in total. The molecule has 30 heavy (non-hydrogen) atoms. The number of likely N-dealkylation sites (N-methyl/N-ethyl adjacent to an activating group) is 1. The number of carbonyl (C=O) groups excluding carboxylic acids is 2. The van der Waals surface area contributed by atoms with E-state index in [1.165, 1.54) is 4.57 Å². The quantitative estimate of drug-likeness (QED) is 0.808. The maximum atomic E-state index is 12.9. The third-order valence-electron chi connectivity index (χ3n) is 5.32. The molecule has 2 N–H and O–H groups in total. The number of aromatic nitrogens is 1. The molecule has 1 aromatic heterocycles. The van der Waals surface area contributed by atoms with Crippen molar-refractivity contribution in [2.75, 3.05) is 43.9 Å². The minimum Gasteiger partial charge on any atom is -0.340 e. The molecule has 1 saturated heterocycles. The van der Waals surface area contributed by atoms with Crippen LogP contribution in [0, 0.1) is 13.8 Å². The molecule has 160 valence electrons. The van der Waals surface area contributed by atoms with Gasteiger partial charge in [-0.25, -0.2) is 4.79 Å². The Morgan fingerprint density at radius 2 is 1.67 bits per heavy atom. The predicted molar refractivity (Wildman–Crippen MR) is 118 cm³/mol. The van der Waals surface area contributed by atoms with Crippen molar-refractivity contribution in [3.63, 3.8) is 0 Å². The van der Waals surface area contributed by atoms with Gasteiger partial charge in [-0.2, -0.15) is 0 Å². The topological polar surface area (TPSA) is 86.7 Å². The number of hydrogen-bond acceptors (Lipinski definition) is 4. The van der Waals surface area contributed by atoms with Crippen molar-refractivity contribution in [2.24, 2.45) is 0 Å². The maximum Gasteiger partial charge on any atom is 0.323 e. The fourth-order valence-corrected chi connectivity index (χ4v) is 3.42. The van der Waals surface area contributed by atoms with Crippen molar-refractivity contribution in [1.82, 2.24) is 14.4 Å². The molecule has 1 aliphatic heterocycles. The molecule has 1 aliphatic rings. The summed E-state index contributed by atoms with van der Waals surface area (Å²) in [6, 6.07) is 10.1. The van der Waals surface area contributed by atoms with Gasteiger partial charge in [-0.1, -0.05) is 17.7 Å². The minimum absolute atomic E-state index is 0.0382. The molecule has 3 amide bonds. The van der Waals surface area contributed by atoms with Crippen LogP contribution in [0.3, 0.4) is 0 Å². The van der Waals surface area contributed by atoms with E-state index in [9.17, 15) is 14.4 Å². The van der Waals surface area contributed by atoms with Crippen molar-refractivity contribution >= 4 is 23.3 Å². The molecule has 0 atom stereocenters. The molecule has 8 heteroatoms. The molecule has 0 aliphatic carbocycles. The number of amides is 3. The summed E-state index contributed by atoms with van der Waals surface area (Å²) in [7, 11) is 2.04. The number of rotatable bonds is 4. The lowest BCUT2D eigenvalue weighted by Crippen LogP contribution is -2.39. The van der Waals surface area contributed by atoms with Crippen LogP contribution in [0.4, 0.5) is 16.2 Å². The highest BCUT2D eigenvalue weighted by atomic mass is 16.2. The highest BCUT2D eigenvalue weighted by Crippen LogP contribution is 2.10. The Labute approximate surface area is 176 Å². The number of aryl methyl sites for hydroxylation is 2. The number of anilines is 2. The molecule has 1 fully saturated rings. The summed E-state index contributed by atoms with van der Waals surface area (Å²) in [6.45, 7) is 6.82. The number of carbonyl (C=O) groups is 2. The normalized spacial score (nSPS) is 14.8. The molecule has 0 spiro atoms. The Bertz CT molecular complexity index is 968. The van der Waals surface area contributed by atoms with Crippen LogP contribution >= 0.6 is 0 Å². The molecule has 1 aromatic carbocycles. The van der Waals surface area contributed by atoms with Crippen molar-refractivity contribution < 1.29 is 9.59 Å². The first-order chi connectivity index (χ1) is 14.3. The van der Waals surface area contributed by atoms with Gasteiger partial charge in [0.05, 0.1) is 0 Å². The van der Waals surface area contributed by atoms with E-state index in [4.69, 9.17) is 0 Å². The van der Waals surface area contributed by atoms with Gasteiger partial charge in [0, 0.05) is 31.0 Å². The zero-order valence-electron chi connectivity index (χ0n) is 17.8. The molecule has 0 unspecified atom stereocenters. The third-order valence-corrected chi connectivity index (χ3v) is 5.32. The Kier molecular flexibility index (Phi) is 6.89. The Morgan fingerprint density at radius 1 is 0.933 bits per heavy atom. The van der Waals surface area contributed by atoms with Crippen LogP contribution in [0.2, 0.25) is 0 Å². The van der Waals surface area contributed by atoms with E-state index in [1.54, 1.807) is 36.1 Å². The van der Waals surface area contributed by atoms with E-state index in [-0.39, 0.29) is 18.1 Å². The lowest BCUT2D eigenvalue weighted by Gasteiger charge is -2.22. The predicted octanol–water partition coefficient (Wildman–Crippen LogP) is 2.27. The largest absolute Gasteiger partial charge is 0.340 e. The molecule has 2 heterocycles. The maximum absolute atomic E-state index is 12.9. The van der Waals surface area contributed by atoms with Gasteiger partial charge >= 0.3 is 6.03 Å². The lowest BCUT2D eigenvalue weighted by molar-refractivity contribution is -0.131. The van der Waals surface area contributed by atoms with Crippen LogP contribution < -0.4 is 16.2 Å². The van der Waals surface area contributed by atoms with Crippen molar-refractivity contribution in [3.8, 4) is 0 Å². The first-order valence-electron chi connectivity index (χ1n) is 10.1. The van der Waals surface area contributed by atoms with Gasteiger partial charge in [-0.15, -0.1) is 0 Å². The Balaban J connectivity index is 1.70. The Morgan fingerprint density at radius 3 is 2.40 bits per heavy atom. The van der Waals surface area contributed by atoms with Crippen LogP contribution in [-0.2, 0) is 11.3 Å². The van der Waals surface area contributed by atoms with Gasteiger partial charge in [0.15, 0.2) is 0 Å². The summed E-state index contributed by atoms with van der Waals surface area (Å²) in [6.07, 6.45) is 0.914. The third kappa shape index (κ3) is 5.48. The van der Waals surface area contributed by atoms with Crippen molar-refractivity contribution in [2.45, 2.75) is 26.8 Å². The SMILES string of the molecule is Cc1ccc(NC(=O)Nc2ccc(C)n(CC(=O)N3CCCN(C)CC3)c2=O)cc1. The molecular weight excluding hydrogens is 382 g/mol. The van der Waals surface area contributed by atoms with E-state index in [1.807, 2.05) is 26.1 Å². The first-order valence-corrected chi connectivity index (χ1v) is 10.1. The summed E-state index contributed by atoms with van der Waals surface area (Å²) in [5.74, 6) is -0.0863. The van der Waals surface area contributed by atoms with Gasteiger partial charge in [0.25, 0.3) is 5.56 Å². The molecule has 0 saturated carbocycles. The second-order valence-electron chi connectivity index (χ2n) is 7.76. The van der Waals surface area contributed by atoms with Crippen LogP contribution in [0.15, 0.2) is 41.2 Å². The summed E-state index contributed by atoms with van der Waals surface area (Å²) >= 11 is 0. The molecular formula is C22H29N5O3. The summed E-state index contributed by atoms with van der Waals surface area (Å²) in [4.78, 5) is 42.0. The number of nitrogens with one attached hydrogen (secondary N) is 2. The van der Waals surface area contributed by atoms with Gasteiger partial charge < -0.3 is 25.0 Å². The smallest absolute Gasteiger partial charge is 0.323 e. The van der Waals surface area contributed by atoms with E-state index >= 15 is 0 Å². The summed E-state index contributed by atoms with van der Waals surface area (Å²) in [5.41, 5.74) is 2.13. The monoisotopic (exact) mass is 411 g/mol. The van der Waals surface area contributed by atoms with E-state index in [0.717, 1.165) is 25.1 Å². The van der Waals surface area contributed by atoms with Gasteiger partial charge in [0.2, 0.25) is 5.91 Å². The Hall–Kier alpha value is -3.13. The highest BCUT2D eigenvalue weighted by Gasteiger charge is 2.19. The van der Waals surface area contributed by atoms with Gasteiger partial charge in [-0.3, -0.25) is 9.59 Å². The van der Waals surface area contributed by atoms with E-state index in [2.05, 4.69) is 15.5 Å². The van der Waals surface area contributed by atoms with Gasteiger partial charge in [-0.05, 0) is 58.1 Å². The number of hydrogen-bond donors (Lipinski definition) is 2. The fraction of sp³-hybridized carbons (Fsp3) is 0.409. The highest BCUT2D eigenvalue weighted by molar-refractivity contribution is 5.99. The van der Waals surface area contributed by atoms with Crippen LogP contribution in [0.1, 0.15) is 17.7 Å². The average molecular weight is 412 g/mol. The molecule has 0 bridgehead atoms. The van der Waals surface area contributed by atoms with Crippen LogP contribution in [0.25, 0.3) is 0 Å². The number of pyridine rings is 1. The van der Waals surface area contributed by atoms with E-state index < -0.39 is 11.6 Å². The zero-order valence-corrected chi connectivity index (χ0v) is 17.8. The summed E-state index contributed by atoms with van der Waals surface area (Å²) in [5, 5.41) is 5.30. The van der Waals surface area contributed by atoms with Crippen LogP contribution in [0.5, 0.6) is 0 Å². The number of benzene rings is 1. The van der Waals surface area contributed by atoms with Gasteiger partial charge in [0.1, 0.15) is 12.2 Å². The second-order valence-corrected chi connectivity index (χ2v) is 7.76. The fourth-order valence-electron chi connectivity index (χ4n) is 3.42. The molecule has 2 aromatic rings. The zero-order chi connectivity index (χ0) is 21.7.